The summed E-state index contributed by atoms with van der Waals surface area (Å²) in [7, 11) is 0. The van der Waals surface area contributed by atoms with Crippen LogP contribution in [0.15, 0.2) is 50.8 Å². The van der Waals surface area contributed by atoms with E-state index in [-0.39, 0.29) is 11.9 Å². The summed E-state index contributed by atoms with van der Waals surface area (Å²) in [6.07, 6.45) is 0.950. The molecule has 2 aromatic carbocycles. The largest absolute Gasteiger partial charge is 0.436 e. The van der Waals surface area contributed by atoms with Gasteiger partial charge in [0.1, 0.15) is 5.52 Å². The second kappa shape index (κ2) is 6.64. The first-order chi connectivity index (χ1) is 12.0. The molecule has 1 heterocycles. The molecule has 7 heteroatoms. The Labute approximate surface area is 145 Å². The first-order valence-electron chi connectivity index (χ1n) is 7.90. The Morgan fingerprint density at radius 2 is 1.92 bits per heavy atom. The fourth-order valence-electron chi connectivity index (χ4n) is 2.46. The number of oxazole rings is 1. The molecule has 128 valence electrons. The molecule has 0 saturated carbocycles. The van der Waals surface area contributed by atoms with Gasteiger partial charge in [0.15, 0.2) is 11.5 Å². The second-order valence-corrected chi connectivity index (χ2v) is 5.68. The number of rotatable bonds is 3. The number of nitrogens with zero attached hydrogens (tertiary/aromatic N) is 3. The second-order valence-electron chi connectivity index (χ2n) is 5.68. The maximum absolute atomic E-state index is 5.86. The molecule has 0 amide bonds. The molecule has 0 radical (unpaired) electrons. The van der Waals surface area contributed by atoms with E-state index in [0.29, 0.717) is 11.6 Å². The Bertz CT molecular complexity index is 982. The lowest BCUT2D eigenvalue weighted by atomic mass is 10.1. The quantitative estimate of drug-likeness (QED) is 0.500. The molecule has 6 N–H and O–H groups in total. The van der Waals surface area contributed by atoms with Gasteiger partial charge in [-0.25, -0.2) is 9.98 Å². The van der Waals surface area contributed by atoms with Crippen molar-refractivity contribution in [3.05, 3.63) is 47.5 Å². The molecule has 3 aromatic rings. The minimum Gasteiger partial charge on any atom is -0.436 e. The van der Waals surface area contributed by atoms with Crippen molar-refractivity contribution in [2.75, 3.05) is 0 Å². The van der Waals surface area contributed by atoms with Crippen LogP contribution in [0.5, 0.6) is 0 Å². The minimum atomic E-state index is -0.138. The van der Waals surface area contributed by atoms with Gasteiger partial charge in [-0.1, -0.05) is 19.1 Å². The number of guanidine groups is 2. The van der Waals surface area contributed by atoms with Crippen LogP contribution in [-0.2, 0) is 6.42 Å². The fourth-order valence-corrected chi connectivity index (χ4v) is 2.46. The van der Waals surface area contributed by atoms with Crippen LogP contribution in [0.3, 0.4) is 0 Å². The molecular formula is C18H20N6O. The van der Waals surface area contributed by atoms with E-state index in [2.05, 4.69) is 21.9 Å². The smallest absolute Gasteiger partial charge is 0.227 e. The van der Waals surface area contributed by atoms with Crippen LogP contribution in [0.25, 0.3) is 22.6 Å². The summed E-state index contributed by atoms with van der Waals surface area (Å²) in [5, 5.41) is 0. The Kier molecular flexibility index (Phi) is 4.38. The van der Waals surface area contributed by atoms with Crippen molar-refractivity contribution in [3.8, 4) is 11.5 Å². The fraction of sp³-hybridized carbons (Fsp3) is 0.167. The third kappa shape index (κ3) is 3.60. The van der Waals surface area contributed by atoms with E-state index in [0.717, 1.165) is 28.6 Å². The van der Waals surface area contributed by atoms with Crippen LogP contribution < -0.4 is 17.2 Å². The molecule has 1 aromatic heterocycles. The summed E-state index contributed by atoms with van der Waals surface area (Å²) in [6.45, 7) is 4.03. The Morgan fingerprint density at radius 1 is 1.12 bits per heavy atom. The van der Waals surface area contributed by atoms with E-state index in [1.807, 2.05) is 43.3 Å². The van der Waals surface area contributed by atoms with E-state index >= 15 is 0 Å². The molecule has 0 aliphatic carbocycles. The summed E-state index contributed by atoms with van der Waals surface area (Å²) in [4.78, 5) is 12.6. The normalized spacial score (nSPS) is 11.7. The van der Waals surface area contributed by atoms with Crippen molar-refractivity contribution in [1.82, 2.24) is 4.98 Å². The summed E-state index contributed by atoms with van der Waals surface area (Å²) in [6, 6.07) is 11.7. The lowest BCUT2D eigenvalue weighted by Gasteiger charge is -2.03. The van der Waals surface area contributed by atoms with E-state index in [1.165, 1.54) is 5.56 Å². The first-order valence-corrected chi connectivity index (χ1v) is 7.90. The Morgan fingerprint density at radius 3 is 2.64 bits per heavy atom. The molecule has 0 fully saturated rings. The maximum Gasteiger partial charge on any atom is 0.227 e. The van der Waals surface area contributed by atoms with Gasteiger partial charge in [0.05, 0.1) is 5.69 Å². The number of fused-ring (bicyclic) bond motifs is 1. The number of hydrogen-bond donors (Lipinski definition) is 3. The van der Waals surface area contributed by atoms with Crippen LogP contribution >= 0.6 is 0 Å². The Balaban J connectivity index is 2.03. The van der Waals surface area contributed by atoms with E-state index in [9.17, 15) is 0 Å². The summed E-state index contributed by atoms with van der Waals surface area (Å²) in [5.41, 5.74) is 21.5. The van der Waals surface area contributed by atoms with Crippen molar-refractivity contribution in [3.63, 3.8) is 0 Å². The third-order valence-electron chi connectivity index (χ3n) is 3.79. The van der Waals surface area contributed by atoms with Crippen molar-refractivity contribution in [1.29, 1.82) is 0 Å². The first kappa shape index (κ1) is 16.5. The molecule has 3 rings (SSSR count). The molecule has 0 aliphatic rings. The zero-order valence-corrected chi connectivity index (χ0v) is 14.2. The molecule has 0 saturated heterocycles. The highest BCUT2D eigenvalue weighted by Crippen LogP contribution is 2.29. The van der Waals surface area contributed by atoms with Gasteiger partial charge in [0, 0.05) is 5.56 Å². The minimum absolute atomic E-state index is 0.00889. The predicted octanol–water partition coefficient (Wildman–Crippen LogP) is 2.59. The van der Waals surface area contributed by atoms with Gasteiger partial charge < -0.3 is 21.6 Å². The highest BCUT2D eigenvalue weighted by molar-refractivity contribution is 5.94. The van der Waals surface area contributed by atoms with Crippen molar-refractivity contribution in [2.45, 2.75) is 20.3 Å². The van der Waals surface area contributed by atoms with Gasteiger partial charge in [-0.15, -0.1) is 0 Å². The molecular weight excluding hydrogens is 316 g/mol. The van der Waals surface area contributed by atoms with Crippen LogP contribution in [-0.4, -0.2) is 16.9 Å². The van der Waals surface area contributed by atoms with Crippen LogP contribution in [0, 0.1) is 6.92 Å². The summed E-state index contributed by atoms with van der Waals surface area (Å²) in [5.74, 6) is 0.381. The number of aliphatic imine (C=N–C) groups is 2. The molecule has 0 spiro atoms. The van der Waals surface area contributed by atoms with Gasteiger partial charge >= 0.3 is 0 Å². The zero-order chi connectivity index (χ0) is 18.0. The van der Waals surface area contributed by atoms with Crippen LogP contribution in [0.1, 0.15) is 18.1 Å². The van der Waals surface area contributed by atoms with Gasteiger partial charge in [-0.2, -0.15) is 4.99 Å². The number of hydrogen-bond acceptors (Lipinski definition) is 3. The van der Waals surface area contributed by atoms with Gasteiger partial charge in [-0.05, 0) is 48.7 Å². The molecule has 0 aliphatic heterocycles. The highest BCUT2D eigenvalue weighted by Gasteiger charge is 2.10. The molecule has 0 atom stereocenters. The average molecular weight is 336 g/mol. The SMILES string of the molecule is CCc1ccc2oc(-c3ccc(C)c(N=C(N)N=C(N)N)c3)nc2c1. The molecule has 25 heavy (non-hydrogen) atoms. The lowest BCUT2D eigenvalue weighted by Crippen LogP contribution is -2.26. The number of benzene rings is 2. The van der Waals surface area contributed by atoms with Crippen molar-refractivity contribution >= 4 is 28.7 Å². The predicted molar refractivity (Wildman–Crippen MR) is 101 cm³/mol. The van der Waals surface area contributed by atoms with E-state index < -0.39 is 0 Å². The molecule has 0 bridgehead atoms. The number of aryl methyl sites for hydroxylation is 2. The average Bonchev–Trinajstić information content (AvgIpc) is 2.99. The van der Waals surface area contributed by atoms with Crippen LogP contribution in [0.4, 0.5) is 5.69 Å². The molecule has 0 unspecified atom stereocenters. The van der Waals surface area contributed by atoms with Gasteiger partial charge in [0.2, 0.25) is 11.9 Å². The highest BCUT2D eigenvalue weighted by atomic mass is 16.3. The van der Waals surface area contributed by atoms with Crippen LogP contribution in [0.2, 0.25) is 0 Å². The Hall–Kier alpha value is -3.35. The monoisotopic (exact) mass is 336 g/mol. The molecule has 7 nitrogen and oxygen atoms in total. The number of nitrogens with two attached hydrogens (primary N) is 3. The van der Waals surface area contributed by atoms with Gasteiger partial charge in [0.25, 0.3) is 0 Å². The summed E-state index contributed by atoms with van der Waals surface area (Å²) < 4.78 is 5.86. The number of aromatic nitrogens is 1. The van der Waals surface area contributed by atoms with Crippen molar-refractivity contribution in [2.24, 2.45) is 27.2 Å². The third-order valence-corrected chi connectivity index (χ3v) is 3.79. The van der Waals surface area contributed by atoms with Crippen molar-refractivity contribution < 1.29 is 4.42 Å². The standard InChI is InChI=1S/C18H20N6O/c1-3-11-5-7-15-14(8-11)22-16(25-15)12-6-4-10(2)13(9-12)23-18(21)24-17(19)20/h4-9H,3H2,1-2H3,(H6,19,20,21,23,24). The lowest BCUT2D eigenvalue weighted by molar-refractivity contribution is 0.620. The summed E-state index contributed by atoms with van der Waals surface area (Å²) >= 11 is 0. The zero-order valence-electron chi connectivity index (χ0n) is 14.2. The maximum atomic E-state index is 5.86. The van der Waals surface area contributed by atoms with E-state index in [1.54, 1.807) is 0 Å². The van der Waals surface area contributed by atoms with E-state index in [4.69, 9.17) is 21.6 Å². The topological polar surface area (TPSA) is 129 Å². The van der Waals surface area contributed by atoms with Gasteiger partial charge in [-0.3, -0.25) is 0 Å².